The third-order valence-corrected chi connectivity index (χ3v) is 4.59. The zero-order chi connectivity index (χ0) is 21.9. The molecule has 2 amide bonds. The van der Waals surface area contributed by atoms with E-state index < -0.39 is 17.8 Å². The summed E-state index contributed by atoms with van der Waals surface area (Å²) in [6.07, 6.45) is -4.58. The molecular formula is C20H12Cl3F3N2O2. The molecular weight excluding hydrogens is 464 g/mol. The topological polar surface area (TPSA) is 50.4 Å². The van der Waals surface area contributed by atoms with E-state index in [-0.39, 0.29) is 22.1 Å². The lowest BCUT2D eigenvalue weighted by molar-refractivity contribution is -0.137. The van der Waals surface area contributed by atoms with E-state index in [1.807, 2.05) is 0 Å². The fourth-order valence-corrected chi connectivity index (χ4v) is 2.85. The van der Waals surface area contributed by atoms with Gasteiger partial charge in [0.2, 0.25) is 0 Å². The maximum Gasteiger partial charge on any atom is 0.416 e. The summed E-state index contributed by atoms with van der Waals surface area (Å²) in [5.74, 6) is 0.707. The van der Waals surface area contributed by atoms with E-state index in [1.165, 1.54) is 12.1 Å². The number of nitrogens with one attached hydrogen (secondary N) is 2. The maximum atomic E-state index is 12.9. The molecule has 10 heteroatoms. The minimum atomic E-state index is -4.58. The predicted octanol–water partition coefficient (Wildman–Crippen LogP) is 8.10. The Kier molecular flexibility index (Phi) is 6.65. The highest BCUT2D eigenvalue weighted by Crippen LogP contribution is 2.35. The van der Waals surface area contributed by atoms with Gasteiger partial charge in [-0.1, -0.05) is 34.8 Å². The van der Waals surface area contributed by atoms with E-state index in [9.17, 15) is 18.0 Å². The van der Waals surface area contributed by atoms with Gasteiger partial charge in [-0.25, -0.2) is 4.79 Å². The van der Waals surface area contributed by atoms with Gasteiger partial charge in [-0.05, 0) is 60.7 Å². The Morgan fingerprint density at radius 3 is 2.10 bits per heavy atom. The number of hydrogen-bond acceptors (Lipinski definition) is 2. The molecule has 0 saturated carbocycles. The van der Waals surface area contributed by atoms with Crippen LogP contribution in [0.15, 0.2) is 60.7 Å². The van der Waals surface area contributed by atoms with Crippen LogP contribution in [0.25, 0.3) is 0 Å². The number of urea groups is 1. The van der Waals surface area contributed by atoms with E-state index in [0.717, 1.165) is 18.2 Å². The molecule has 0 unspecified atom stereocenters. The smallest absolute Gasteiger partial charge is 0.416 e. The van der Waals surface area contributed by atoms with E-state index in [1.54, 1.807) is 30.3 Å². The minimum absolute atomic E-state index is 0.0538. The summed E-state index contributed by atoms with van der Waals surface area (Å²) in [7, 11) is 0. The molecule has 0 aliphatic carbocycles. The summed E-state index contributed by atoms with van der Waals surface area (Å²) in [5, 5.41) is 5.56. The molecule has 0 bridgehead atoms. The van der Waals surface area contributed by atoms with Crippen LogP contribution in [0.2, 0.25) is 15.1 Å². The molecule has 0 fully saturated rings. The van der Waals surface area contributed by atoms with Crippen LogP contribution in [0.1, 0.15) is 5.56 Å². The number of halogens is 6. The van der Waals surface area contributed by atoms with E-state index >= 15 is 0 Å². The first-order valence-electron chi connectivity index (χ1n) is 8.29. The van der Waals surface area contributed by atoms with Crippen molar-refractivity contribution < 1.29 is 22.7 Å². The quantitative estimate of drug-likeness (QED) is 0.400. The lowest BCUT2D eigenvalue weighted by Gasteiger charge is -2.15. The van der Waals surface area contributed by atoms with Crippen molar-refractivity contribution in [2.24, 2.45) is 0 Å². The Labute approximate surface area is 184 Å². The molecule has 0 radical (unpaired) electrons. The number of carbonyl (C=O) groups is 1. The molecule has 0 aliphatic heterocycles. The molecule has 0 saturated heterocycles. The first-order chi connectivity index (χ1) is 14.1. The Balaban J connectivity index is 1.80. The summed E-state index contributed by atoms with van der Waals surface area (Å²) in [6, 6.07) is 12.8. The maximum absolute atomic E-state index is 12.9. The molecule has 3 aromatic rings. The lowest BCUT2D eigenvalue weighted by Crippen LogP contribution is -2.20. The second kappa shape index (κ2) is 9.04. The second-order valence-corrected chi connectivity index (χ2v) is 7.25. The van der Waals surface area contributed by atoms with E-state index in [2.05, 4.69) is 10.6 Å². The van der Waals surface area contributed by atoms with Gasteiger partial charge in [0.1, 0.15) is 5.75 Å². The van der Waals surface area contributed by atoms with Crippen molar-refractivity contribution in [3.63, 3.8) is 0 Å². The highest BCUT2D eigenvalue weighted by atomic mass is 35.5. The molecule has 0 atom stereocenters. The minimum Gasteiger partial charge on any atom is -0.455 e. The third-order valence-electron chi connectivity index (χ3n) is 3.77. The second-order valence-electron chi connectivity index (χ2n) is 5.97. The molecule has 3 aromatic carbocycles. The van der Waals surface area contributed by atoms with Crippen molar-refractivity contribution in [3.8, 4) is 11.5 Å². The van der Waals surface area contributed by atoms with Gasteiger partial charge in [0.05, 0.1) is 22.0 Å². The summed E-state index contributed by atoms with van der Waals surface area (Å²) in [4.78, 5) is 12.4. The Bertz CT molecular complexity index is 1070. The molecule has 30 heavy (non-hydrogen) atoms. The molecule has 0 aromatic heterocycles. The van der Waals surface area contributed by atoms with Gasteiger partial charge in [-0.2, -0.15) is 13.2 Å². The summed E-state index contributed by atoms with van der Waals surface area (Å²) >= 11 is 17.7. The Hall–Kier alpha value is -2.61. The molecule has 3 rings (SSSR count). The zero-order valence-corrected chi connectivity index (χ0v) is 17.1. The third kappa shape index (κ3) is 5.72. The Morgan fingerprint density at radius 2 is 1.43 bits per heavy atom. The van der Waals surface area contributed by atoms with Crippen molar-refractivity contribution in [2.75, 3.05) is 10.6 Å². The number of carbonyl (C=O) groups excluding carboxylic acids is 1. The highest BCUT2D eigenvalue weighted by molar-refractivity contribution is 6.34. The SMILES string of the molecule is O=C(Nc1cc(C(F)(F)F)ccc1Cl)Nc1cc(Cl)ccc1Oc1ccc(Cl)cc1. The number of amides is 2. The van der Waals surface area contributed by atoms with Crippen molar-refractivity contribution in [3.05, 3.63) is 81.3 Å². The van der Waals surface area contributed by atoms with Gasteiger partial charge in [-0.3, -0.25) is 0 Å². The van der Waals surface area contributed by atoms with Crippen LogP contribution in [-0.4, -0.2) is 6.03 Å². The van der Waals surface area contributed by atoms with Crippen molar-refractivity contribution in [1.29, 1.82) is 0 Å². The van der Waals surface area contributed by atoms with Crippen LogP contribution in [0.4, 0.5) is 29.3 Å². The fourth-order valence-electron chi connectivity index (χ4n) is 2.39. The van der Waals surface area contributed by atoms with Gasteiger partial charge < -0.3 is 15.4 Å². The molecule has 156 valence electrons. The molecule has 0 heterocycles. The van der Waals surface area contributed by atoms with Crippen LogP contribution >= 0.6 is 34.8 Å². The van der Waals surface area contributed by atoms with Crippen molar-refractivity contribution in [1.82, 2.24) is 0 Å². The van der Waals surface area contributed by atoms with Gasteiger partial charge in [0.25, 0.3) is 0 Å². The normalized spacial score (nSPS) is 11.1. The summed E-state index contributed by atoms with van der Waals surface area (Å²) in [6.45, 7) is 0. The first-order valence-corrected chi connectivity index (χ1v) is 9.43. The fraction of sp³-hybridized carbons (Fsp3) is 0.0500. The molecule has 0 aliphatic rings. The highest BCUT2D eigenvalue weighted by Gasteiger charge is 2.31. The molecule has 0 spiro atoms. The average Bonchev–Trinajstić information content (AvgIpc) is 2.66. The van der Waals surface area contributed by atoms with Gasteiger partial charge in [0.15, 0.2) is 5.75 Å². The predicted molar refractivity (Wildman–Crippen MR) is 112 cm³/mol. The van der Waals surface area contributed by atoms with Crippen LogP contribution in [0.3, 0.4) is 0 Å². The number of anilines is 2. The number of hydrogen-bond donors (Lipinski definition) is 2. The summed E-state index contributed by atoms with van der Waals surface area (Å²) in [5.41, 5.74) is -0.957. The van der Waals surface area contributed by atoms with E-state index in [0.29, 0.717) is 15.8 Å². The largest absolute Gasteiger partial charge is 0.455 e. The number of rotatable bonds is 4. The lowest BCUT2D eigenvalue weighted by atomic mass is 10.2. The standard InChI is InChI=1S/C20H12Cl3F3N2O2/c21-12-2-5-14(6-3-12)30-18-8-4-13(22)10-17(18)28-19(29)27-16-9-11(20(24,25)26)1-7-15(16)23/h1-10H,(H2,27,28,29). The average molecular weight is 476 g/mol. The van der Waals surface area contributed by atoms with Gasteiger partial charge >= 0.3 is 12.2 Å². The van der Waals surface area contributed by atoms with Crippen LogP contribution in [0, 0.1) is 0 Å². The monoisotopic (exact) mass is 474 g/mol. The Morgan fingerprint density at radius 1 is 0.800 bits per heavy atom. The van der Waals surface area contributed by atoms with Crippen molar-refractivity contribution in [2.45, 2.75) is 6.18 Å². The summed E-state index contributed by atoms with van der Waals surface area (Å²) < 4.78 is 44.4. The zero-order valence-electron chi connectivity index (χ0n) is 14.9. The number of benzene rings is 3. The van der Waals surface area contributed by atoms with Gasteiger partial charge in [-0.15, -0.1) is 0 Å². The number of ether oxygens (including phenoxy) is 1. The number of alkyl halides is 3. The van der Waals surface area contributed by atoms with Crippen LogP contribution in [-0.2, 0) is 6.18 Å². The molecule has 2 N–H and O–H groups in total. The van der Waals surface area contributed by atoms with Gasteiger partial charge in [0, 0.05) is 10.0 Å². The van der Waals surface area contributed by atoms with Crippen LogP contribution in [0.5, 0.6) is 11.5 Å². The molecule has 4 nitrogen and oxygen atoms in total. The van der Waals surface area contributed by atoms with Crippen LogP contribution < -0.4 is 15.4 Å². The first kappa shape index (κ1) is 22.1. The van der Waals surface area contributed by atoms with Crippen molar-refractivity contribution >= 4 is 52.2 Å². The van der Waals surface area contributed by atoms with E-state index in [4.69, 9.17) is 39.5 Å².